The van der Waals surface area contributed by atoms with E-state index in [0.717, 1.165) is 22.6 Å². The van der Waals surface area contributed by atoms with Gasteiger partial charge in [-0.05, 0) is 42.3 Å². The maximum Gasteiger partial charge on any atom is 0.247 e. The van der Waals surface area contributed by atoms with Gasteiger partial charge in [0.25, 0.3) is 0 Å². The van der Waals surface area contributed by atoms with E-state index in [0.29, 0.717) is 24.2 Å². The van der Waals surface area contributed by atoms with Gasteiger partial charge < -0.3 is 10.5 Å². The predicted octanol–water partition coefficient (Wildman–Crippen LogP) is 4.94. The van der Waals surface area contributed by atoms with Gasteiger partial charge in [0, 0.05) is 24.7 Å². The monoisotopic (exact) mass is 606 g/mol. The predicted molar refractivity (Wildman–Crippen MR) is 164 cm³/mol. The van der Waals surface area contributed by atoms with Gasteiger partial charge in [0.1, 0.15) is 0 Å². The molecule has 3 heterocycles. The summed E-state index contributed by atoms with van der Waals surface area (Å²) in [6.45, 7) is 5.91. The van der Waals surface area contributed by atoms with Crippen LogP contribution in [0.25, 0.3) is 0 Å². The molecule has 0 spiro atoms. The Morgan fingerprint density at radius 3 is 1.91 bits per heavy atom. The van der Waals surface area contributed by atoms with Gasteiger partial charge in [-0.3, -0.25) is 9.59 Å². The molecule has 3 aromatic rings. The molecule has 3 unspecified atom stereocenters. The molecular weight excluding hydrogens is 576 g/mol. The maximum absolute atomic E-state index is 11.6. The molecule has 3 atom stereocenters. The minimum absolute atomic E-state index is 0.00211. The third-order valence-electron chi connectivity index (χ3n) is 6.94. The van der Waals surface area contributed by atoms with Crippen LogP contribution in [0.15, 0.2) is 79.2 Å². The van der Waals surface area contributed by atoms with Crippen molar-refractivity contribution in [3.8, 4) is 11.9 Å². The number of hydrazone groups is 2. The second-order valence-corrected chi connectivity index (χ2v) is 10.4. The Morgan fingerprint density at radius 1 is 0.889 bits per heavy atom. The zero-order valence-electron chi connectivity index (χ0n) is 24.8. The number of ether oxygens (including phenoxy) is 1. The maximum atomic E-state index is 11.6. The van der Waals surface area contributed by atoms with E-state index < -0.39 is 6.04 Å². The molecule has 15 nitrogen and oxygen atoms in total. The molecule has 5 rings (SSSR count). The first-order valence-electron chi connectivity index (χ1n) is 14.2. The summed E-state index contributed by atoms with van der Waals surface area (Å²) in [5, 5.41) is 34.9. The van der Waals surface area contributed by atoms with Crippen LogP contribution >= 0.6 is 0 Å². The Morgan fingerprint density at radius 2 is 1.42 bits per heavy atom. The summed E-state index contributed by atoms with van der Waals surface area (Å²) in [5.41, 5.74) is 15.6. The Balaban J connectivity index is 1.32. The summed E-state index contributed by atoms with van der Waals surface area (Å²) < 4.78 is 5.66. The van der Waals surface area contributed by atoms with Crippen molar-refractivity contribution in [2.45, 2.75) is 39.7 Å². The molecule has 0 radical (unpaired) electrons. The first kappa shape index (κ1) is 30.5. The molecule has 45 heavy (non-hydrogen) atoms. The number of nitrogen functional groups attached to an aromatic ring is 1. The number of carbonyl (C=O) groups is 2. The second kappa shape index (κ2) is 13.6. The van der Waals surface area contributed by atoms with Crippen molar-refractivity contribution in [3.05, 3.63) is 65.5 Å². The lowest BCUT2D eigenvalue weighted by atomic mass is 9.94. The topological polar surface area (TPSA) is 217 Å². The largest absolute Gasteiger partial charge is 0.476 e. The minimum atomic E-state index is -1.17. The molecule has 15 heteroatoms. The van der Waals surface area contributed by atoms with Crippen LogP contribution in [0.3, 0.4) is 0 Å². The molecule has 228 valence electrons. The smallest absolute Gasteiger partial charge is 0.247 e. The highest BCUT2D eigenvalue weighted by Crippen LogP contribution is 2.34. The quantitative estimate of drug-likeness (QED) is 0.285. The molecule has 4 N–H and O–H groups in total. The van der Waals surface area contributed by atoms with Gasteiger partial charge in [-0.1, -0.05) is 38.1 Å². The van der Waals surface area contributed by atoms with E-state index in [1.165, 1.54) is 0 Å². The van der Waals surface area contributed by atoms with E-state index in [2.05, 4.69) is 51.5 Å². The fraction of sp³-hybridized carbons (Fsp3) is 0.300. The van der Waals surface area contributed by atoms with Gasteiger partial charge in [-0.15, -0.1) is 5.11 Å². The summed E-state index contributed by atoms with van der Waals surface area (Å²) in [5.74, 6) is -0.244. The number of aromatic nitrogens is 2. The van der Waals surface area contributed by atoms with Crippen molar-refractivity contribution in [2.24, 2.45) is 42.5 Å². The molecule has 2 aromatic carbocycles. The lowest BCUT2D eigenvalue weighted by Crippen LogP contribution is -2.31. The van der Waals surface area contributed by atoms with Crippen LogP contribution < -0.4 is 21.3 Å². The molecule has 0 bridgehead atoms. The van der Waals surface area contributed by atoms with E-state index in [4.69, 9.17) is 10.5 Å². The number of benzene rings is 2. The van der Waals surface area contributed by atoms with E-state index in [1.54, 1.807) is 31.2 Å². The van der Waals surface area contributed by atoms with Crippen molar-refractivity contribution >= 4 is 46.1 Å². The molecule has 0 fully saturated rings. The Hall–Kier alpha value is -5.91. The van der Waals surface area contributed by atoms with Crippen molar-refractivity contribution in [1.29, 1.82) is 5.26 Å². The summed E-state index contributed by atoms with van der Waals surface area (Å²) >= 11 is 0. The second-order valence-electron chi connectivity index (χ2n) is 10.4. The number of nitrogens with one attached hydrogen (secondary N) is 2. The molecule has 0 aliphatic carbocycles. The summed E-state index contributed by atoms with van der Waals surface area (Å²) in [7, 11) is 0. The SMILES string of the molecule is CCOc1nc(C(C#N)N=Nc2ccc(C3=NNC(=O)CC3C)cc2)nc(N)c1N=Nc1ccc(C2=NNC(=O)CC2C)cc1. The van der Waals surface area contributed by atoms with E-state index in [9.17, 15) is 14.9 Å². The number of rotatable bonds is 9. The lowest BCUT2D eigenvalue weighted by Gasteiger charge is -2.19. The number of azo groups is 2. The van der Waals surface area contributed by atoms with Crippen molar-refractivity contribution < 1.29 is 14.3 Å². The van der Waals surface area contributed by atoms with E-state index in [1.807, 2.05) is 44.2 Å². The van der Waals surface area contributed by atoms with Crippen LogP contribution in [-0.4, -0.2) is 39.8 Å². The van der Waals surface area contributed by atoms with Gasteiger partial charge in [0.05, 0.1) is 35.5 Å². The average Bonchev–Trinajstić information content (AvgIpc) is 3.02. The summed E-state index contributed by atoms with van der Waals surface area (Å²) in [6, 6.07) is 15.2. The number of hydrogen-bond donors (Lipinski definition) is 3. The molecule has 0 saturated carbocycles. The van der Waals surface area contributed by atoms with Crippen LogP contribution in [0, 0.1) is 23.2 Å². The first-order valence-corrected chi connectivity index (χ1v) is 14.2. The van der Waals surface area contributed by atoms with E-state index >= 15 is 0 Å². The average molecular weight is 607 g/mol. The zero-order valence-corrected chi connectivity index (χ0v) is 24.8. The van der Waals surface area contributed by atoms with Crippen molar-refractivity contribution in [2.75, 3.05) is 12.3 Å². The van der Waals surface area contributed by atoms with Crippen LogP contribution in [0.1, 0.15) is 56.6 Å². The van der Waals surface area contributed by atoms with Gasteiger partial charge in [0.2, 0.25) is 23.7 Å². The highest BCUT2D eigenvalue weighted by molar-refractivity contribution is 6.06. The Bertz CT molecular complexity index is 1760. The van der Waals surface area contributed by atoms with Crippen LogP contribution in [0.5, 0.6) is 5.88 Å². The van der Waals surface area contributed by atoms with Crippen LogP contribution in [-0.2, 0) is 9.59 Å². The molecule has 2 amide bonds. The zero-order chi connectivity index (χ0) is 31.9. The van der Waals surface area contributed by atoms with Crippen LogP contribution in [0.4, 0.5) is 22.9 Å². The third-order valence-corrected chi connectivity index (χ3v) is 6.94. The highest BCUT2D eigenvalue weighted by Gasteiger charge is 2.23. The number of carbonyl (C=O) groups excluding carboxylic acids is 2. The number of hydrogen-bond acceptors (Lipinski definition) is 13. The van der Waals surface area contributed by atoms with Gasteiger partial charge in [-0.25, -0.2) is 15.8 Å². The molecule has 2 aliphatic rings. The molecular formula is C30H30N12O3. The normalized spacial score (nSPS) is 19.0. The van der Waals surface area contributed by atoms with E-state index in [-0.39, 0.29) is 53.5 Å². The molecule has 2 aliphatic heterocycles. The Labute approximate surface area is 258 Å². The van der Waals surface area contributed by atoms with Gasteiger partial charge in [-0.2, -0.15) is 35.8 Å². The first-order chi connectivity index (χ1) is 21.7. The summed E-state index contributed by atoms with van der Waals surface area (Å²) in [6.07, 6.45) is 0.735. The number of amides is 2. The van der Waals surface area contributed by atoms with Crippen molar-refractivity contribution in [3.63, 3.8) is 0 Å². The molecule has 1 aromatic heterocycles. The highest BCUT2D eigenvalue weighted by atomic mass is 16.5. The van der Waals surface area contributed by atoms with Crippen LogP contribution in [0.2, 0.25) is 0 Å². The third kappa shape index (κ3) is 7.19. The fourth-order valence-electron chi connectivity index (χ4n) is 4.69. The summed E-state index contributed by atoms with van der Waals surface area (Å²) in [4.78, 5) is 31.7. The standard InChI is InChI=1S/C30H30N12O3/c1-4-45-30-27(42-36-21-11-7-19(8-12-21)26-17(3)14-24(44)39-41-26)28(32)33-29(34-30)22(15-31)37-35-20-9-5-18(6-10-20)25-16(2)13-23(43)38-40-25/h5-12,16-17,22H,4,13-14H2,1-3H3,(H,38,43)(H,39,44)(H2,32,33,34). The molecule has 0 saturated heterocycles. The van der Waals surface area contributed by atoms with Gasteiger partial charge in [0.15, 0.2) is 17.3 Å². The van der Waals surface area contributed by atoms with Crippen molar-refractivity contribution in [1.82, 2.24) is 20.8 Å². The van der Waals surface area contributed by atoms with Gasteiger partial charge >= 0.3 is 0 Å². The number of anilines is 1. The number of nitrogens with zero attached hydrogens (tertiary/aromatic N) is 9. The number of nitriles is 1. The minimum Gasteiger partial charge on any atom is -0.476 e. The Kier molecular flexibility index (Phi) is 9.23. The number of nitrogens with two attached hydrogens (primary N) is 1. The fourth-order valence-corrected chi connectivity index (χ4v) is 4.69. The lowest BCUT2D eigenvalue weighted by molar-refractivity contribution is -0.122.